The first-order chi connectivity index (χ1) is 38.5. The molecular weight excluding hydrogens is 1100 g/mol. The van der Waals surface area contributed by atoms with Gasteiger partial charge in [0.05, 0.1) is 0 Å². The number of hydrogen-bond acceptors (Lipinski definition) is 8. The van der Waals surface area contributed by atoms with Crippen LogP contribution in [-0.4, -0.2) is 0 Å². The van der Waals surface area contributed by atoms with Gasteiger partial charge in [-0.2, -0.15) is 0 Å². The van der Waals surface area contributed by atoms with Crippen LogP contribution in [0.1, 0.15) is 201 Å². The Balaban J connectivity index is 1.02. The van der Waals surface area contributed by atoms with Crippen LogP contribution >= 0.6 is 90.7 Å². The third kappa shape index (κ3) is 13.2. The first-order valence-corrected chi connectivity index (χ1v) is 37.1. The molecule has 0 spiro atoms. The summed E-state index contributed by atoms with van der Waals surface area (Å²) in [6.07, 6.45) is 37.1. The first-order valence-electron chi connectivity index (χ1n) is 30.6. The Labute approximate surface area is 499 Å². The minimum Gasteiger partial charge on any atom is -0.139 e. The SMILES string of the molecule is CCCCCCCCc1ccc(-c2cc3c4cc(-c5ccc(CCCCCCCC)s5)sc4c4cc5c(cc4c3s2)c2sc(-c3ccc(CCCCCCCC)s3)cc2c2cc(-c3ccc(CCCCCCCC)s3)sc25)s1. The van der Waals surface area contributed by atoms with E-state index in [9.17, 15) is 0 Å². The molecule has 11 rings (SSSR count). The van der Waals surface area contributed by atoms with Crippen molar-refractivity contribution in [2.75, 3.05) is 0 Å². The summed E-state index contributed by atoms with van der Waals surface area (Å²) in [6, 6.07) is 35.1. The quantitative estimate of drug-likeness (QED) is 0.0291. The van der Waals surface area contributed by atoms with Crippen molar-refractivity contribution in [2.45, 2.75) is 207 Å². The number of unbranched alkanes of at least 4 members (excludes halogenated alkanes) is 20. The maximum absolute atomic E-state index is 2.66. The average molecular weight is 1180 g/mol. The van der Waals surface area contributed by atoms with Crippen molar-refractivity contribution < 1.29 is 0 Å². The topological polar surface area (TPSA) is 0 Å². The zero-order valence-electron chi connectivity index (χ0n) is 47.1. The Morgan fingerprint density at radius 2 is 0.410 bits per heavy atom. The van der Waals surface area contributed by atoms with Gasteiger partial charge in [0, 0.05) is 120 Å². The average Bonchev–Trinajstić information content (AvgIpc) is 4.43. The highest BCUT2D eigenvalue weighted by Crippen LogP contribution is 2.54. The third-order valence-electron chi connectivity index (χ3n) is 16.4. The lowest BCUT2D eigenvalue weighted by molar-refractivity contribution is 0.609. The van der Waals surface area contributed by atoms with Crippen molar-refractivity contribution in [3.8, 4) is 39.0 Å². The number of benzene rings is 3. The summed E-state index contributed by atoms with van der Waals surface area (Å²) in [7, 11) is 0. The smallest absolute Gasteiger partial charge is 0.0455 e. The highest BCUT2D eigenvalue weighted by molar-refractivity contribution is 7.30. The molecular formula is C70H82S8. The van der Waals surface area contributed by atoms with Crippen molar-refractivity contribution in [1.82, 2.24) is 0 Å². The van der Waals surface area contributed by atoms with E-state index in [1.54, 1.807) is 19.5 Å². The van der Waals surface area contributed by atoms with Crippen LogP contribution in [0.15, 0.2) is 84.9 Å². The molecule has 0 aliphatic carbocycles. The molecule has 0 atom stereocenters. The molecule has 0 nitrogen and oxygen atoms in total. The molecule has 0 unspecified atom stereocenters. The van der Waals surface area contributed by atoms with Gasteiger partial charge in [-0.15, -0.1) is 90.7 Å². The molecule has 0 bridgehead atoms. The predicted molar refractivity (Wildman–Crippen MR) is 365 cm³/mol. The standard InChI is InChI=1S/C70H82S8/c1-5-9-13-17-21-25-29-47-33-37-59(71-47)63-43-55-56-44-64(60-38-34-48(72-60)30-26-22-18-14-10-6-2)76-68(56)52-42-54-53(41-51(52)67(55)75-63)69-57(45-65(77-69)61-39-35-49(73-61)31-27-23-19-15-11-7-3)58-46-66(78-70(54)58)62-40-36-50(74-62)32-28-24-20-16-12-8-4/h33-46H,5-32H2,1-4H3. The van der Waals surface area contributed by atoms with Crippen LogP contribution in [-0.2, 0) is 25.7 Å². The van der Waals surface area contributed by atoms with E-state index in [-0.39, 0.29) is 0 Å². The lowest BCUT2D eigenvalue weighted by Gasteiger charge is -2.08. The number of thiophene rings is 8. The highest BCUT2D eigenvalue weighted by atomic mass is 32.1. The Bertz CT molecular complexity index is 3200. The fourth-order valence-corrected chi connectivity index (χ4v) is 21.2. The van der Waals surface area contributed by atoms with Crippen LogP contribution in [0.3, 0.4) is 0 Å². The third-order valence-corrected chi connectivity index (χ3v) is 26.4. The monoisotopic (exact) mass is 1180 g/mol. The molecule has 0 amide bonds. The lowest BCUT2D eigenvalue weighted by Crippen LogP contribution is -1.82. The minimum atomic E-state index is 1.20. The van der Waals surface area contributed by atoms with E-state index in [1.807, 2.05) is 90.7 Å². The van der Waals surface area contributed by atoms with Crippen molar-refractivity contribution in [3.63, 3.8) is 0 Å². The van der Waals surface area contributed by atoms with Crippen molar-refractivity contribution in [3.05, 3.63) is 104 Å². The van der Waals surface area contributed by atoms with Crippen LogP contribution in [0.2, 0.25) is 0 Å². The summed E-state index contributed by atoms with van der Waals surface area (Å²) in [5.74, 6) is 0. The number of hydrogen-bond donors (Lipinski definition) is 0. The Morgan fingerprint density at radius 3 is 0.641 bits per heavy atom. The molecule has 0 N–H and O–H groups in total. The first kappa shape index (κ1) is 56.7. The maximum Gasteiger partial charge on any atom is 0.0455 e. The summed E-state index contributed by atoms with van der Waals surface area (Å²) in [5.41, 5.74) is 0. The van der Waals surface area contributed by atoms with Gasteiger partial charge in [0.2, 0.25) is 0 Å². The molecule has 8 aromatic heterocycles. The molecule has 3 aromatic carbocycles. The summed E-state index contributed by atoms with van der Waals surface area (Å²) in [5, 5.41) is 11.4. The molecule has 0 fully saturated rings. The minimum absolute atomic E-state index is 1.20. The van der Waals surface area contributed by atoms with E-state index in [0.29, 0.717) is 0 Å². The lowest BCUT2D eigenvalue weighted by atomic mass is 9.98. The van der Waals surface area contributed by atoms with Crippen molar-refractivity contribution in [1.29, 1.82) is 0 Å². The number of aryl methyl sites for hydroxylation is 4. The second-order valence-electron chi connectivity index (χ2n) is 22.5. The van der Waals surface area contributed by atoms with Crippen LogP contribution in [0.5, 0.6) is 0 Å². The van der Waals surface area contributed by atoms with Crippen LogP contribution in [0, 0.1) is 0 Å². The largest absolute Gasteiger partial charge is 0.139 e. The maximum atomic E-state index is 2.66. The highest BCUT2D eigenvalue weighted by Gasteiger charge is 2.23. The molecule has 8 heteroatoms. The van der Waals surface area contributed by atoms with Gasteiger partial charge in [-0.25, -0.2) is 0 Å². The van der Waals surface area contributed by atoms with Crippen LogP contribution in [0.4, 0.5) is 0 Å². The summed E-state index contributed by atoms with van der Waals surface area (Å²) >= 11 is 16.3. The molecule has 0 aliphatic rings. The Kier molecular flexibility index (Phi) is 20.1. The van der Waals surface area contributed by atoms with E-state index in [1.165, 1.54) is 281 Å². The van der Waals surface area contributed by atoms with Crippen molar-refractivity contribution in [2.24, 2.45) is 0 Å². The van der Waals surface area contributed by atoms with E-state index in [2.05, 4.69) is 113 Å². The molecule has 0 saturated heterocycles. The Morgan fingerprint density at radius 1 is 0.205 bits per heavy atom. The second kappa shape index (κ2) is 27.7. The van der Waals surface area contributed by atoms with E-state index < -0.39 is 0 Å². The van der Waals surface area contributed by atoms with Crippen molar-refractivity contribution >= 4 is 153 Å². The summed E-state index contributed by atoms with van der Waals surface area (Å²) < 4.78 is 5.80. The van der Waals surface area contributed by atoms with Gasteiger partial charge in [0.15, 0.2) is 0 Å². The summed E-state index contributed by atoms with van der Waals surface area (Å²) in [6.45, 7) is 9.26. The van der Waals surface area contributed by atoms with Gasteiger partial charge in [0.25, 0.3) is 0 Å². The van der Waals surface area contributed by atoms with Gasteiger partial charge in [0.1, 0.15) is 0 Å². The molecule has 0 radical (unpaired) electrons. The second-order valence-corrected chi connectivity index (χ2v) is 31.4. The van der Waals surface area contributed by atoms with Crippen LogP contribution in [0.25, 0.3) is 101 Å². The van der Waals surface area contributed by atoms with Gasteiger partial charge >= 0.3 is 0 Å². The number of rotatable bonds is 32. The fourth-order valence-electron chi connectivity index (χ4n) is 11.9. The van der Waals surface area contributed by atoms with E-state index in [0.717, 1.165) is 0 Å². The molecule has 78 heavy (non-hydrogen) atoms. The molecule has 410 valence electrons. The van der Waals surface area contributed by atoms with E-state index >= 15 is 0 Å². The zero-order valence-corrected chi connectivity index (χ0v) is 53.7. The summed E-state index contributed by atoms with van der Waals surface area (Å²) in [4.78, 5) is 17.6. The molecule has 0 aliphatic heterocycles. The van der Waals surface area contributed by atoms with Gasteiger partial charge in [-0.05, 0) is 136 Å². The molecule has 11 aromatic rings. The van der Waals surface area contributed by atoms with Gasteiger partial charge in [-0.3, -0.25) is 0 Å². The predicted octanol–water partition coefficient (Wildman–Crippen LogP) is 27.4. The fraction of sp³-hybridized carbons (Fsp3) is 0.457. The van der Waals surface area contributed by atoms with E-state index in [4.69, 9.17) is 0 Å². The number of fused-ring (bicyclic) bond motifs is 12. The Hall–Kier alpha value is -3.18. The normalized spacial score (nSPS) is 12.3. The van der Waals surface area contributed by atoms with Gasteiger partial charge in [-0.1, -0.05) is 156 Å². The molecule has 8 heterocycles. The molecule has 0 saturated carbocycles. The van der Waals surface area contributed by atoms with Crippen LogP contribution < -0.4 is 0 Å². The van der Waals surface area contributed by atoms with Gasteiger partial charge < -0.3 is 0 Å². The zero-order chi connectivity index (χ0) is 53.2.